The number of aliphatic hydroxyl groups is 3. The molecule has 0 aliphatic carbocycles. The molecular formula is C34H50N12O26P5+. The van der Waals surface area contributed by atoms with E-state index in [1.54, 1.807) is 0 Å². The van der Waals surface area contributed by atoms with Gasteiger partial charge in [-0.1, -0.05) is 4.98 Å². The second kappa shape index (κ2) is 22.3. The Bertz CT molecular complexity index is 3450. The average molecular weight is 1200 g/mol. The molecule has 3 aliphatic heterocycles. The van der Waals surface area contributed by atoms with E-state index in [0.717, 1.165) is 41.2 Å². The molecule has 8 rings (SSSR count). The maximum Gasteiger partial charge on any atom is 0.479 e. The lowest BCUT2D eigenvalue weighted by atomic mass is 9.99. The van der Waals surface area contributed by atoms with Gasteiger partial charge in [-0.3, -0.25) is 56.0 Å². The summed E-state index contributed by atoms with van der Waals surface area (Å²) in [5.41, 5.74) is 7.13. The number of anilines is 2. The number of nitrogens with two attached hydrogens (primary N) is 2. The number of aryl methyl sites for hydroxylation is 1. The van der Waals surface area contributed by atoms with Crippen molar-refractivity contribution in [3.63, 3.8) is 0 Å². The van der Waals surface area contributed by atoms with E-state index in [-0.39, 0.29) is 40.7 Å². The van der Waals surface area contributed by atoms with Crippen molar-refractivity contribution < 1.29 is 113 Å². The Hall–Kier alpha value is -4.39. The van der Waals surface area contributed by atoms with Crippen LogP contribution < -0.4 is 32.8 Å². The molecular weight excluding hydrogens is 1150 g/mol. The first-order valence-corrected chi connectivity index (χ1v) is 30.1. The van der Waals surface area contributed by atoms with Crippen LogP contribution >= 0.6 is 38.4 Å². The molecule has 3 saturated heterocycles. The number of phosphoric acid groups is 2. The van der Waals surface area contributed by atoms with Crippen LogP contribution in [0, 0.1) is 5.92 Å². The number of H-pyrrole nitrogens is 2. The van der Waals surface area contributed by atoms with Crippen molar-refractivity contribution >= 4 is 72.5 Å². The van der Waals surface area contributed by atoms with E-state index in [0.29, 0.717) is 0 Å². The maximum absolute atomic E-state index is 14.3. The SMILES string of the molecule is COC[C@H]1[C@@H](O)[C@H]([n+]2cn(C)c3c(=O)[nH]c(N)nc32)O[C@@H]1COP(=O)(O)OP(=O)(O)CP(=O)(O)OP(=O)(O)OC[C@H]1O[C@@H](n2cnc3c(N)ncnc32)[C@H](OC)[C@@H]1P(=O)(O)OC[C@H]1O[C@@H](n2ccc(=O)[nH]c2=O)[C@H](O)[C@@H]1O. The third kappa shape index (κ3) is 12.5. The summed E-state index contributed by atoms with van der Waals surface area (Å²) in [6, 6.07) is 0.915. The van der Waals surface area contributed by atoms with Crippen LogP contribution in [0.5, 0.6) is 0 Å². The molecule has 0 saturated carbocycles. The van der Waals surface area contributed by atoms with Gasteiger partial charge in [0.05, 0.1) is 45.9 Å². The minimum atomic E-state index is -5.99. The number of imidazole rings is 2. The first-order chi connectivity index (χ1) is 36.0. The van der Waals surface area contributed by atoms with Gasteiger partial charge in [0.25, 0.3) is 17.1 Å². The van der Waals surface area contributed by atoms with Gasteiger partial charge >= 0.3 is 49.8 Å². The standard InChI is InChI=1S/C34H49N12O26P5/c1-43-12-46(28-20(43)29(51)42-33(36)41-28)30-21(48)14(6-63-2)15(68-30)7-66-76(59,60)71-73(53,54)13-74(55,56)72-77(61,62)67-9-17-25(24(64-3)32(70-17)45-11-39-19-26(35)37-10-38-27(19)45)75(57,58)65-8-16-22(49)23(50)31(69-16)44-5-4-18(47)40-34(44)52/h4-5,10-12,14-17,21-25,30-32,48-50H,6-9,13H2,1-3H3,(H10-,35,36,37,38,40,41,42,47,51,52,53,54,55,56,57,58,59,60,61,62)/p+1/t14-,15-,16-,17-,21-,22-,23-,24-,25-,30-,31-,32-/m1/s1. The summed E-state index contributed by atoms with van der Waals surface area (Å²) in [5.74, 6) is -3.62. The minimum Gasteiger partial charge on any atom is -0.387 e. The van der Waals surface area contributed by atoms with E-state index in [2.05, 4.69) is 33.5 Å². The third-order valence-corrected chi connectivity index (χ3v) is 21.5. The summed E-state index contributed by atoms with van der Waals surface area (Å²) in [5, 5.41) is 32.7. The van der Waals surface area contributed by atoms with Crippen molar-refractivity contribution in [1.82, 2.24) is 43.6 Å². The maximum atomic E-state index is 14.3. The molecule has 43 heteroatoms. The fourth-order valence-electron chi connectivity index (χ4n) is 8.80. The molecule has 0 aromatic carbocycles. The van der Waals surface area contributed by atoms with E-state index >= 15 is 0 Å². The molecule has 0 bridgehead atoms. The van der Waals surface area contributed by atoms with Gasteiger partial charge in [-0.05, 0) is 0 Å². The molecule has 0 spiro atoms. The number of phosphoric ester groups is 2. The molecule has 38 nitrogen and oxygen atoms in total. The number of nitrogen functional groups attached to an aromatic ring is 2. The van der Waals surface area contributed by atoms with Crippen molar-refractivity contribution in [2.24, 2.45) is 13.0 Å². The van der Waals surface area contributed by atoms with Crippen LogP contribution in [0.1, 0.15) is 18.7 Å². The monoisotopic (exact) mass is 1200 g/mol. The zero-order valence-corrected chi connectivity index (χ0v) is 44.2. The number of hydrogen-bond donors (Lipinski definition) is 12. The molecule has 17 atom stereocenters. The second-order valence-electron chi connectivity index (χ2n) is 17.3. The number of hydrogen-bond acceptors (Lipinski definition) is 27. The molecule has 5 unspecified atom stereocenters. The number of aliphatic hydroxyl groups excluding tert-OH is 3. The number of nitrogens with one attached hydrogen (secondary N) is 2. The fourth-order valence-corrected chi connectivity index (χ4v) is 17.3. The largest absolute Gasteiger partial charge is 0.479 e. The molecule has 0 radical (unpaired) electrons. The Morgan fingerprint density at radius 1 is 0.766 bits per heavy atom. The molecule has 3 aliphatic rings. The Labute approximate surface area is 428 Å². The molecule has 3 fully saturated rings. The number of ether oxygens (including phenoxy) is 5. The summed E-state index contributed by atoms with van der Waals surface area (Å²) >= 11 is 0. The Balaban J connectivity index is 0.936. The predicted octanol–water partition coefficient (Wildman–Crippen LogP) is -3.68. The highest BCUT2D eigenvalue weighted by atomic mass is 31.3. The lowest BCUT2D eigenvalue weighted by molar-refractivity contribution is -0.745. The molecule has 5 aromatic rings. The zero-order chi connectivity index (χ0) is 56.3. The average Bonchev–Trinajstić information content (AvgIpc) is 4.13. The number of rotatable bonds is 22. The van der Waals surface area contributed by atoms with Gasteiger partial charge < -0.3 is 79.5 Å². The van der Waals surface area contributed by atoms with E-state index in [4.69, 9.17) is 48.7 Å². The number of aromatic nitrogens is 10. The van der Waals surface area contributed by atoms with Crippen molar-refractivity contribution in [2.75, 3.05) is 58.0 Å². The molecule has 5 aromatic heterocycles. The Kier molecular flexibility index (Phi) is 17.0. The quantitative estimate of drug-likeness (QED) is 0.0235. The highest BCUT2D eigenvalue weighted by Crippen LogP contribution is 2.70. The van der Waals surface area contributed by atoms with Gasteiger partial charge in [-0.15, -0.1) is 0 Å². The molecule has 77 heavy (non-hydrogen) atoms. The van der Waals surface area contributed by atoms with Crippen LogP contribution in [0.4, 0.5) is 11.8 Å². The number of aromatic amines is 2. The minimum absolute atomic E-state index is 0.0162. The number of fused-ring (bicyclic) bond motifs is 2. The molecule has 14 N–H and O–H groups in total. The Morgan fingerprint density at radius 3 is 2.04 bits per heavy atom. The summed E-state index contributed by atoms with van der Waals surface area (Å²) in [7, 11) is -25.1. The van der Waals surface area contributed by atoms with E-state index in [9.17, 15) is 77.0 Å². The predicted molar refractivity (Wildman–Crippen MR) is 251 cm³/mol. The van der Waals surface area contributed by atoms with Gasteiger partial charge in [-0.2, -0.15) is 0 Å². The second-order valence-corrected chi connectivity index (χ2v) is 26.7. The van der Waals surface area contributed by atoms with Crippen LogP contribution in [-0.2, 0) is 75.7 Å². The number of methoxy groups -OCH3 is 2. The van der Waals surface area contributed by atoms with Crippen molar-refractivity contribution in [2.45, 2.75) is 67.1 Å². The Morgan fingerprint density at radius 2 is 1.40 bits per heavy atom. The van der Waals surface area contributed by atoms with E-state index in [1.165, 1.54) is 29.6 Å². The van der Waals surface area contributed by atoms with Crippen LogP contribution in [0.15, 0.2) is 45.6 Å². The van der Waals surface area contributed by atoms with Crippen LogP contribution in [0.2, 0.25) is 0 Å². The summed E-state index contributed by atoms with van der Waals surface area (Å²) in [4.78, 5) is 111. The van der Waals surface area contributed by atoms with Gasteiger partial charge in [0.15, 0.2) is 36.2 Å². The lowest BCUT2D eigenvalue weighted by Gasteiger charge is -2.28. The highest BCUT2D eigenvalue weighted by molar-refractivity contribution is 7.76. The first-order valence-electron chi connectivity index (χ1n) is 22.0. The van der Waals surface area contributed by atoms with E-state index in [1.807, 2.05) is 4.98 Å². The molecule has 0 amide bonds. The highest BCUT2D eigenvalue weighted by Gasteiger charge is 2.58. The van der Waals surface area contributed by atoms with Crippen LogP contribution in [-0.4, -0.2) is 178 Å². The van der Waals surface area contributed by atoms with E-state index < -0.39 is 154 Å². The smallest absolute Gasteiger partial charge is 0.387 e. The fraction of sp³-hybridized carbons (Fsp3) is 0.588. The van der Waals surface area contributed by atoms with Gasteiger partial charge in [0, 0.05) is 32.4 Å². The summed E-state index contributed by atoms with van der Waals surface area (Å²) in [6.45, 7) is -3.59. The molecule has 426 valence electrons. The molecule has 8 heterocycles. The van der Waals surface area contributed by atoms with Gasteiger partial charge in [0.2, 0.25) is 11.7 Å². The first kappa shape index (κ1) is 58.8. The summed E-state index contributed by atoms with van der Waals surface area (Å²) < 4.78 is 123. The topological polar surface area (TPSA) is 545 Å². The normalized spacial score (nSPS) is 30.7. The van der Waals surface area contributed by atoms with Crippen LogP contribution in [0.25, 0.3) is 22.3 Å². The van der Waals surface area contributed by atoms with Gasteiger partial charge in [-0.25, -0.2) is 42.1 Å². The van der Waals surface area contributed by atoms with Crippen molar-refractivity contribution in [3.8, 4) is 0 Å². The van der Waals surface area contributed by atoms with Crippen molar-refractivity contribution in [3.05, 3.63) is 62.4 Å². The third-order valence-electron chi connectivity index (χ3n) is 12.1. The zero-order valence-electron chi connectivity index (χ0n) is 39.7. The van der Waals surface area contributed by atoms with Crippen molar-refractivity contribution in [1.29, 1.82) is 0 Å². The number of nitrogens with zero attached hydrogens (tertiary/aromatic N) is 8. The lowest BCUT2D eigenvalue weighted by Crippen LogP contribution is -2.45. The van der Waals surface area contributed by atoms with Crippen LogP contribution in [0.3, 0.4) is 0 Å². The van der Waals surface area contributed by atoms with Gasteiger partial charge in [0.1, 0.15) is 54.1 Å². The summed E-state index contributed by atoms with van der Waals surface area (Å²) in [6.07, 6.45) is -11.9.